The number of rotatable bonds is 2. The molecule has 0 N–H and O–H groups in total. The normalized spacial score (nSPS) is 14.0. The van der Waals surface area contributed by atoms with Crippen LogP contribution in [0.3, 0.4) is 0 Å². The Morgan fingerprint density at radius 2 is 1.85 bits per heavy atom. The van der Waals surface area contributed by atoms with Crippen molar-refractivity contribution in [2.75, 3.05) is 20.2 Å². The first kappa shape index (κ1) is 21.7. The zero-order chi connectivity index (χ0) is 19.9. The molecule has 0 atom stereocenters. The van der Waals surface area contributed by atoms with Crippen molar-refractivity contribution < 1.29 is 23.5 Å². The number of esters is 1. The van der Waals surface area contributed by atoms with Gasteiger partial charge in [-0.2, -0.15) is 0 Å². The summed E-state index contributed by atoms with van der Waals surface area (Å²) in [5.74, 6) is -1.08. The average Bonchev–Trinajstić information content (AvgIpc) is 2.61. The molecule has 1 aliphatic rings. The van der Waals surface area contributed by atoms with Gasteiger partial charge in [0.2, 0.25) is 0 Å². The molecule has 5 nitrogen and oxygen atoms in total. The van der Waals surface area contributed by atoms with Gasteiger partial charge in [-0.25, -0.2) is 14.0 Å². The van der Waals surface area contributed by atoms with E-state index >= 15 is 0 Å². The Morgan fingerprint density at radius 3 is 2.35 bits per heavy atom. The molecule has 0 fully saturated rings. The second-order valence-corrected chi connectivity index (χ2v) is 6.59. The van der Waals surface area contributed by atoms with E-state index in [2.05, 4.69) is 0 Å². The van der Waals surface area contributed by atoms with Gasteiger partial charge in [0.1, 0.15) is 11.4 Å². The Bertz CT molecular complexity index is 677. The maximum atomic E-state index is 13.4. The van der Waals surface area contributed by atoms with Crippen LogP contribution >= 0.6 is 0 Å². The van der Waals surface area contributed by atoms with Crippen LogP contribution in [0.1, 0.15) is 57.0 Å². The molecule has 0 spiro atoms. The number of hydrogen-bond donors (Lipinski definition) is 0. The van der Waals surface area contributed by atoms with Crippen molar-refractivity contribution in [2.24, 2.45) is 0 Å². The fourth-order valence-electron chi connectivity index (χ4n) is 2.48. The number of amides is 1. The number of carbonyl (C=O) groups excluding carboxylic acids is 2. The lowest BCUT2D eigenvalue weighted by Gasteiger charge is -2.30. The molecule has 0 unspecified atom stereocenters. The Hall–Kier alpha value is -2.37. The van der Waals surface area contributed by atoms with Crippen molar-refractivity contribution in [3.8, 4) is 0 Å². The number of benzene rings is 1. The zero-order valence-electron chi connectivity index (χ0n) is 16.4. The van der Waals surface area contributed by atoms with Crippen LogP contribution in [-0.4, -0.2) is 42.8 Å². The maximum absolute atomic E-state index is 13.4. The first-order chi connectivity index (χ1) is 12.2. The van der Waals surface area contributed by atoms with Gasteiger partial charge in [0, 0.05) is 13.1 Å². The minimum atomic E-state index is -0.583. The molecule has 0 aromatic heterocycles. The second kappa shape index (κ2) is 9.36. The summed E-state index contributed by atoms with van der Waals surface area (Å²) in [6, 6.07) is 4.04. The Balaban J connectivity index is 0.00000163. The molecule has 1 aliphatic heterocycles. The molecule has 1 aromatic rings. The van der Waals surface area contributed by atoms with Crippen molar-refractivity contribution in [3.63, 3.8) is 0 Å². The Morgan fingerprint density at radius 1 is 1.19 bits per heavy atom. The van der Waals surface area contributed by atoms with Crippen molar-refractivity contribution in [2.45, 2.75) is 46.6 Å². The molecule has 1 aromatic carbocycles. The predicted molar refractivity (Wildman–Crippen MR) is 99.5 cm³/mol. The summed E-state index contributed by atoms with van der Waals surface area (Å²) in [7, 11) is 1.26. The van der Waals surface area contributed by atoms with E-state index in [-0.39, 0.29) is 11.7 Å². The quantitative estimate of drug-likeness (QED) is 0.715. The standard InChI is InChI=1S/C18H22FNO4.C2H6/c1-18(2,3)24-17(22)20-9-7-12(8-10-20)14-6-5-13(19)11-15(14)16(21)23-4;1-2/h5-7,11H,8-10H2,1-4H3;1-2H3. The SMILES string of the molecule is CC.COC(=O)c1cc(F)ccc1C1=CCN(C(=O)OC(C)(C)C)CC1. The number of nitrogens with zero attached hydrogens (tertiary/aromatic N) is 1. The van der Waals surface area contributed by atoms with E-state index in [0.29, 0.717) is 25.1 Å². The number of ether oxygens (including phenoxy) is 2. The molecule has 0 bridgehead atoms. The van der Waals surface area contributed by atoms with Gasteiger partial charge < -0.3 is 14.4 Å². The van der Waals surface area contributed by atoms with Crippen LogP contribution in [-0.2, 0) is 9.47 Å². The first-order valence-corrected chi connectivity index (χ1v) is 8.76. The highest BCUT2D eigenvalue weighted by Crippen LogP contribution is 2.27. The molecular weight excluding hydrogens is 337 g/mol. The topological polar surface area (TPSA) is 55.8 Å². The summed E-state index contributed by atoms with van der Waals surface area (Å²) in [6.45, 7) is 10.3. The molecule has 144 valence electrons. The Kier molecular flexibility index (Phi) is 7.80. The van der Waals surface area contributed by atoms with E-state index in [4.69, 9.17) is 9.47 Å². The molecule has 1 amide bonds. The summed E-state index contributed by atoms with van der Waals surface area (Å²) in [5, 5.41) is 0. The summed E-state index contributed by atoms with van der Waals surface area (Å²) >= 11 is 0. The summed E-state index contributed by atoms with van der Waals surface area (Å²) < 4.78 is 23.5. The van der Waals surface area contributed by atoms with Crippen LogP contribution in [0.25, 0.3) is 5.57 Å². The molecule has 1 heterocycles. The van der Waals surface area contributed by atoms with Crippen LogP contribution in [0.5, 0.6) is 0 Å². The average molecular weight is 365 g/mol. The lowest BCUT2D eigenvalue weighted by molar-refractivity contribution is 0.0270. The minimum Gasteiger partial charge on any atom is -0.465 e. The lowest BCUT2D eigenvalue weighted by atomic mass is 9.95. The summed E-state index contributed by atoms with van der Waals surface area (Å²) in [5.41, 5.74) is 1.16. The number of carbonyl (C=O) groups is 2. The predicted octanol–water partition coefficient (Wildman–Crippen LogP) is 4.66. The fourth-order valence-corrected chi connectivity index (χ4v) is 2.48. The van der Waals surface area contributed by atoms with Gasteiger partial charge in [-0.05, 0) is 50.5 Å². The van der Waals surface area contributed by atoms with Crippen LogP contribution < -0.4 is 0 Å². The van der Waals surface area contributed by atoms with Gasteiger partial charge >= 0.3 is 12.1 Å². The lowest BCUT2D eigenvalue weighted by Crippen LogP contribution is -2.39. The van der Waals surface area contributed by atoms with E-state index in [9.17, 15) is 14.0 Å². The number of methoxy groups -OCH3 is 1. The zero-order valence-corrected chi connectivity index (χ0v) is 16.4. The summed E-state index contributed by atoms with van der Waals surface area (Å²) in [6.07, 6.45) is 2.03. The molecule has 0 saturated heterocycles. The molecule has 6 heteroatoms. The smallest absolute Gasteiger partial charge is 0.410 e. The molecule has 0 aliphatic carbocycles. The monoisotopic (exact) mass is 365 g/mol. The van der Waals surface area contributed by atoms with Crippen molar-refractivity contribution in [1.29, 1.82) is 0 Å². The van der Waals surface area contributed by atoms with E-state index in [1.165, 1.54) is 19.2 Å². The van der Waals surface area contributed by atoms with Crippen molar-refractivity contribution in [3.05, 3.63) is 41.2 Å². The highest BCUT2D eigenvalue weighted by atomic mass is 19.1. The van der Waals surface area contributed by atoms with E-state index in [1.54, 1.807) is 11.0 Å². The minimum absolute atomic E-state index is 0.189. The maximum Gasteiger partial charge on any atom is 0.410 e. The molecular formula is C20H28FNO4. The number of halogens is 1. The van der Waals surface area contributed by atoms with Crippen LogP contribution in [0.4, 0.5) is 9.18 Å². The van der Waals surface area contributed by atoms with Gasteiger partial charge in [-0.3, -0.25) is 0 Å². The highest BCUT2D eigenvalue weighted by Gasteiger charge is 2.25. The van der Waals surface area contributed by atoms with Crippen LogP contribution in [0.2, 0.25) is 0 Å². The molecule has 2 rings (SSSR count). The third-order valence-corrected chi connectivity index (χ3v) is 3.59. The third-order valence-electron chi connectivity index (χ3n) is 3.59. The van der Waals surface area contributed by atoms with Crippen LogP contribution in [0.15, 0.2) is 24.3 Å². The third kappa shape index (κ3) is 5.86. The molecule has 0 radical (unpaired) electrons. The highest BCUT2D eigenvalue weighted by molar-refractivity contribution is 5.95. The molecule has 0 saturated carbocycles. The van der Waals surface area contributed by atoms with E-state index < -0.39 is 17.4 Å². The van der Waals surface area contributed by atoms with Crippen molar-refractivity contribution in [1.82, 2.24) is 4.90 Å². The van der Waals surface area contributed by atoms with Crippen molar-refractivity contribution >= 4 is 17.6 Å². The van der Waals surface area contributed by atoms with Gasteiger partial charge in [-0.1, -0.05) is 26.0 Å². The van der Waals surface area contributed by atoms with E-state index in [1.807, 2.05) is 40.7 Å². The summed E-state index contributed by atoms with van der Waals surface area (Å²) in [4.78, 5) is 25.5. The Labute approximate surface area is 154 Å². The van der Waals surface area contributed by atoms with Crippen LogP contribution in [0, 0.1) is 5.82 Å². The second-order valence-electron chi connectivity index (χ2n) is 6.59. The van der Waals surface area contributed by atoms with E-state index in [0.717, 1.165) is 5.57 Å². The first-order valence-electron chi connectivity index (χ1n) is 8.76. The molecule has 26 heavy (non-hydrogen) atoms. The number of hydrogen-bond acceptors (Lipinski definition) is 4. The van der Waals surface area contributed by atoms with Gasteiger partial charge in [0.25, 0.3) is 0 Å². The fraction of sp³-hybridized carbons (Fsp3) is 0.500. The van der Waals surface area contributed by atoms with Gasteiger partial charge in [0.05, 0.1) is 12.7 Å². The van der Waals surface area contributed by atoms with Gasteiger partial charge in [-0.15, -0.1) is 0 Å². The van der Waals surface area contributed by atoms with Gasteiger partial charge in [0.15, 0.2) is 0 Å². The largest absolute Gasteiger partial charge is 0.465 e.